The Balaban J connectivity index is 1.77. The minimum Gasteiger partial charge on any atom is -0.454 e. The number of hydrogen-bond donors (Lipinski definition) is 2. The molecule has 0 aromatic heterocycles. The Kier molecular flexibility index (Phi) is 12.4. The van der Waals surface area contributed by atoms with E-state index in [-0.39, 0.29) is 22.9 Å². The molecule has 0 spiro atoms. The Morgan fingerprint density at radius 1 is 0.795 bits per heavy atom. The van der Waals surface area contributed by atoms with Crippen LogP contribution in [0.4, 0.5) is 5.69 Å². The van der Waals surface area contributed by atoms with Crippen LogP contribution in [0.1, 0.15) is 67.1 Å². The number of unbranched alkanes of at least 4 members (excludes halogenated alkanes) is 2. The summed E-state index contributed by atoms with van der Waals surface area (Å²) < 4.78 is 47.8. The van der Waals surface area contributed by atoms with Crippen molar-refractivity contribution >= 4 is 21.7 Å². The standard InChI is InChI=1S/C35H40N2O6S/c1-3-5-22-36-31-24-29(35(38)43-33(27-16-10-7-11-17-27)28-18-12-8-13-19-28)25-32(34(31)42-30-20-14-9-15-21-30)44(39,40)37-26-41-23-6-4-2/h7-21,24-25,33,36-37H,3-6,22-23,26H2,1-2H3. The molecule has 0 aliphatic rings. The molecule has 4 rings (SSSR count). The Bertz CT molecular complexity index is 1530. The monoisotopic (exact) mass is 616 g/mol. The van der Waals surface area contributed by atoms with Gasteiger partial charge in [0, 0.05) is 13.2 Å². The Morgan fingerprint density at radius 2 is 1.39 bits per heavy atom. The van der Waals surface area contributed by atoms with E-state index in [1.807, 2.05) is 73.7 Å². The highest BCUT2D eigenvalue weighted by Gasteiger charge is 2.28. The molecule has 0 radical (unpaired) electrons. The van der Waals surface area contributed by atoms with Crippen molar-refractivity contribution in [3.8, 4) is 11.5 Å². The number of carbonyl (C=O) groups is 1. The van der Waals surface area contributed by atoms with Crippen LogP contribution in [0.25, 0.3) is 0 Å². The van der Waals surface area contributed by atoms with Crippen LogP contribution in [0.5, 0.6) is 11.5 Å². The van der Waals surface area contributed by atoms with Crippen molar-refractivity contribution in [3.63, 3.8) is 0 Å². The second-order valence-corrected chi connectivity index (χ2v) is 11.9. The zero-order chi connectivity index (χ0) is 31.2. The van der Waals surface area contributed by atoms with Crippen LogP contribution in [0.15, 0.2) is 108 Å². The predicted octanol–water partition coefficient (Wildman–Crippen LogP) is 7.69. The Morgan fingerprint density at radius 3 is 1.98 bits per heavy atom. The number of nitrogens with one attached hydrogen (secondary N) is 2. The lowest BCUT2D eigenvalue weighted by atomic mass is 10.0. The maximum Gasteiger partial charge on any atom is 0.339 e. The van der Waals surface area contributed by atoms with Crippen LogP contribution in [-0.4, -0.2) is 34.3 Å². The number of ether oxygens (including phenoxy) is 3. The van der Waals surface area contributed by atoms with Crippen molar-refractivity contribution in [2.24, 2.45) is 0 Å². The highest BCUT2D eigenvalue weighted by Crippen LogP contribution is 2.38. The fourth-order valence-electron chi connectivity index (χ4n) is 4.44. The normalized spacial score (nSPS) is 11.3. The molecule has 0 atom stereocenters. The van der Waals surface area contributed by atoms with Crippen LogP contribution in [0, 0.1) is 0 Å². The molecule has 0 fully saturated rings. The molecule has 9 heteroatoms. The van der Waals surface area contributed by atoms with E-state index in [4.69, 9.17) is 14.2 Å². The topological polar surface area (TPSA) is 103 Å². The summed E-state index contributed by atoms with van der Waals surface area (Å²) in [5.41, 5.74) is 2.00. The number of benzene rings is 4. The van der Waals surface area contributed by atoms with Gasteiger partial charge in [-0.3, -0.25) is 0 Å². The molecule has 44 heavy (non-hydrogen) atoms. The van der Waals surface area contributed by atoms with Crippen molar-refractivity contribution in [2.45, 2.75) is 50.5 Å². The summed E-state index contributed by atoms with van der Waals surface area (Å²) in [6, 6.07) is 30.6. The van der Waals surface area contributed by atoms with Crippen LogP contribution < -0.4 is 14.8 Å². The summed E-state index contributed by atoms with van der Waals surface area (Å²) in [5, 5.41) is 3.29. The van der Waals surface area contributed by atoms with E-state index in [1.54, 1.807) is 30.3 Å². The minimum atomic E-state index is -4.19. The third-order valence-electron chi connectivity index (χ3n) is 6.81. The third kappa shape index (κ3) is 9.16. The molecule has 4 aromatic carbocycles. The smallest absolute Gasteiger partial charge is 0.339 e. The molecule has 0 saturated carbocycles. The van der Waals surface area contributed by atoms with Gasteiger partial charge < -0.3 is 19.5 Å². The number of hydrogen-bond acceptors (Lipinski definition) is 7. The van der Waals surface area contributed by atoms with E-state index in [9.17, 15) is 13.2 Å². The first kappa shape index (κ1) is 32.7. The van der Waals surface area contributed by atoms with Crippen LogP contribution >= 0.6 is 0 Å². The zero-order valence-electron chi connectivity index (χ0n) is 25.2. The largest absolute Gasteiger partial charge is 0.454 e. The summed E-state index contributed by atoms with van der Waals surface area (Å²) in [6.45, 7) is 4.83. The van der Waals surface area contributed by atoms with Crippen molar-refractivity contribution in [1.82, 2.24) is 4.72 Å². The molecular formula is C35H40N2O6S. The molecule has 232 valence electrons. The molecular weight excluding hydrogens is 576 g/mol. The van der Waals surface area contributed by atoms with Gasteiger partial charge in [-0.05, 0) is 48.2 Å². The van der Waals surface area contributed by atoms with E-state index < -0.39 is 22.1 Å². The fraction of sp³-hybridized carbons (Fsp3) is 0.286. The second kappa shape index (κ2) is 16.6. The molecule has 8 nitrogen and oxygen atoms in total. The number of sulfonamides is 1. The highest BCUT2D eigenvalue weighted by atomic mass is 32.2. The summed E-state index contributed by atoms with van der Waals surface area (Å²) in [6.07, 6.45) is 2.77. The van der Waals surface area contributed by atoms with Crippen LogP contribution in [0.2, 0.25) is 0 Å². The number of anilines is 1. The fourth-order valence-corrected chi connectivity index (χ4v) is 5.51. The summed E-state index contributed by atoms with van der Waals surface area (Å²) in [5.74, 6) is -0.152. The summed E-state index contributed by atoms with van der Waals surface area (Å²) in [4.78, 5) is 13.6. The lowest BCUT2D eigenvalue weighted by Crippen LogP contribution is -2.27. The first-order valence-corrected chi connectivity index (χ1v) is 16.4. The molecule has 0 amide bonds. The van der Waals surface area contributed by atoms with Crippen LogP contribution in [-0.2, 0) is 19.5 Å². The van der Waals surface area contributed by atoms with Gasteiger partial charge in [0.05, 0.1) is 11.3 Å². The van der Waals surface area contributed by atoms with Gasteiger partial charge in [-0.15, -0.1) is 0 Å². The second-order valence-electron chi connectivity index (χ2n) is 10.2. The highest BCUT2D eigenvalue weighted by molar-refractivity contribution is 7.89. The van der Waals surface area contributed by atoms with Gasteiger partial charge in [-0.25, -0.2) is 13.2 Å². The molecule has 0 aliphatic carbocycles. The van der Waals surface area contributed by atoms with Crippen molar-refractivity contribution < 1.29 is 27.4 Å². The predicted molar refractivity (Wildman–Crippen MR) is 173 cm³/mol. The van der Waals surface area contributed by atoms with Gasteiger partial charge in [0.25, 0.3) is 0 Å². The maximum absolute atomic E-state index is 13.8. The van der Waals surface area contributed by atoms with Gasteiger partial charge in [0.15, 0.2) is 11.9 Å². The van der Waals surface area contributed by atoms with Crippen LogP contribution in [0.3, 0.4) is 0 Å². The van der Waals surface area contributed by atoms with E-state index in [0.717, 1.165) is 36.8 Å². The first-order valence-electron chi connectivity index (χ1n) is 15.0. The van der Waals surface area contributed by atoms with E-state index in [0.29, 0.717) is 24.6 Å². The lowest BCUT2D eigenvalue weighted by Gasteiger charge is -2.21. The molecule has 2 N–H and O–H groups in total. The molecule has 0 heterocycles. The summed E-state index contributed by atoms with van der Waals surface area (Å²) in [7, 11) is -4.19. The van der Waals surface area contributed by atoms with Crippen molar-refractivity contribution in [2.75, 3.05) is 25.2 Å². The van der Waals surface area contributed by atoms with Crippen molar-refractivity contribution in [3.05, 3.63) is 120 Å². The number of esters is 1. The maximum atomic E-state index is 13.8. The Hall–Kier alpha value is -4.18. The number of para-hydroxylation sites is 1. The average Bonchev–Trinajstić information content (AvgIpc) is 3.05. The van der Waals surface area contributed by atoms with Gasteiger partial charge in [-0.2, -0.15) is 4.72 Å². The van der Waals surface area contributed by atoms with Gasteiger partial charge >= 0.3 is 5.97 Å². The first-order chi connectivity index (χ1) is 21.4. The van der Waals surface area contributed by atoms with Gasteiger partial charge in [0.2, 0.25) is 10.0 Å². The SMILES string of the molecule is CCCCNc1cc(C(=O)OC(c2ccccc2)c2ccccc2)cc(S(=O)(=O)NCOCCCC)c1Oc1ccccc1. The van der Waals surface area contributed by atoms with Gasteiger partial charge in [-0.1, -0.05) is 106 Å². The molecule has 0 saturated heterocycles. The lowest BCUT2D eigenvalue weighted by molar-refractivity contribution is 0.0378. The molecule has 4 aromatic rings. The van der Waals surface area contributed by atoms with Crippen molar-refractivity contribution in [1.29, 1.82) is 0 Å². The zero-order valence-corrected chi connectivity index (χ0v) is 26.0. The molecule has 0 unspecified atom stereocenters. The number of carbonyl (C=O) groups excluding carboxylic acids is 1. The molecule has 0 aliphatic heterocycles. The number of rotatable bonds is 17. The molecule has 0 bridgehead atoms. The summed E-state index contributed by atoms with van der Waals surface area (Å²) >= 11 is 0. The van der Waals surface area contributed by atoms with E-state index in [2.05, 4.69) is 17.0 Å². The quantitative estimate of drug-likeness (QED) is 0.0712. The average molecular weight is 617 g/mol. The van der Waals surface area contributed by atoms with E-state index in [1.165, 1.54) is 6.07 Å². The van der Waals surface area contributed by atoms with Gasteiger partial charge in [0.1, 0.15) is 17.4 Å². The minimum absolute atomic E-state index is 0.0635. The Labute approximate surface area is 260 Å². The van der Waals surface area contributed by atoms with E-state index >= 15 is 0 Å². The third-order valence-corrected chi connectivity index (χ3v) is 8.19.